The first-order chi connectivity index (χ1) is 8.05. The molecule has 1 nitrogen and oxygen atoms in total. The van der Waals surface area contributed by atoms with Gasteiger partial charge in [-0.1, -0.05) is 0 Å². The molecule has 0 radical (unpaired) electrons. The number of hydrogen-bond donors (Lipinski definition) is 0. The molecule has 0 atom stereocenters. The molecule has 0 N–H and O–H groups in total. The molecule has 0 unspecified atom stereocenters. The monoisotopic (exact) mass is 329 g/mol. The van der Waals surface area contributed by atoms with Crippen LogP contribution in [0.15, 0.2) is 0 Å². The van der Waals surface area contributed by atoms with Crippen molar-refractivity contribution in [3.63, 3.8) is 0 Å². The van der Waals surface area contributed by atoms with Gasteiger partial charge in [0.25, 0.3) is 0 Å². The van der Waals surface area contributed by atoms with Crippen LogP contribution in [0.2, 0.25) is 0 Å². The summed E-state index contributed by atoms with van der Waals surface area (Å²) in [6, 6.07) is 0. The Morgan fingerprint density at radius 3 is 1.32 bits per heavy atom. The number of halogens is 10. The Kier molecular flexibility index (Phi) is 4.54. The Balaban J connectivity index is 6.02. The zero-order valence-electron chi connectivity index (χ0n) is 9.59. The molecule has 0 rings (SSSR count). The first-order valence-corrected chi connectivity index (χ1v) is 6.66. The van der Waals surface area contributed by atoms with Crippen molar-refractivity contribution >= 4 is 7.69 Å². The summed E-state index contributed by atoms with van der Waals surface area (Å²) < 4.78 is 125. The van der Waals surface area contributed by atoms with Crippen molar-refractivity contribution in [2.24, 2.45) is 0 Å². The molecular weight excluding hydrogens is 319 g/mol. The predicted octanol–water partition coefficient (Wildman–Crippen LogP) is 5.24. The maximum absolute atomic E-state index is 13.2. The molecule has 0 bridgehead atoms. The third kappa shape index (κ3) is 2.51. The molecule has 118 valence electrons. The van der Waals surface area contributed by atoms with Crippen molar-refractivity contribution in [2.45, 2.75) is 31.6 Å². The van der Waals surface area contributed by atoms with Crippen LogP contribution in [0.25, 0.3) is 0 Å². The van der Waals surface area contributed by atoms with Crippen LogP contribution in [0.5, 0.6) is 0 Å². The predicted molar refractivity (Wildman–Crippen MR) is 49.1 cm³/mol. The molecule has 0 fully saturated rings. The second-order valence-corrected chi connectivity index (χ2v) is 6.20. The number of rotatable bonds is 5. The molecule has 12 heteroatoms. The SMILES string of the molecule is CCN(CC)P(F)(F)(F)C(F)(F)C(F)(F)C(F)(F)F. The summed E-state index contributed by atoms with van der Waals surface area (Å²) >= 11 is 0. The van der Waals surface area contributed by atoms with Gasteiger partial charge in [-0.05, 0) is 0 Å². The number of hydrogen-bond acceptors (Lipinski definition) is 1. The van der Waals surface area contributed by atoms with E-state index >= 15 is 0 Å². The number of nitrogens with zero attached hydrogens (tertiary/aromatic N) is 1. The van der Waals surface area contributed by atoms with E-state index in [2.05, 4.69) is 0 Å². The Bertz CT molecular complexity index is 325. The van der Waals surface area contributed by atoms with Crippen LogP contribution in [0.4, 0.5) is 43.3 Å². The fraction of sp³-hybridized carbons (Fsp3) is 1.00. The van der Waals surface area contributed by atoms with Crippen LogP contribution in [-0.4, -0.2) is 35.5 Å². The topological polar surface area (TPSA) is 3.24 Å². The van der Waals surface area contributed by atoms with Crippen molar-refractivity contribution in [3.05, 3.63) is 0 Å². The van der Waals surface area contributed by atoms with Gasteiger partial charge >= 0.3 is 100 Å². The van der Waals surface area contributed by atoms with Crippen molar-refractivity contribution in [3.8, 4) is 0 Å². The van der Waals surface area contributed by atoms with E-state index in [1.807, 2.05) is 0 Å². The molecule has 0 aromatic carbocycles. The van der Waals surface area contributed by atoms with Crippen LogP contribution in [0.3, 0.4) is 0 Å². The first-order valence-electron chi connectivity index (χ1n) is 4.80. The third-order valence-electron chi connectivity index (χ3n) is 2.37. The van der Waals surface area contributed by atoms with E-state index in [0.29, 0.717) is 0 Å². The van der Waals surface area contributed by atoms with Crippen LogP contribution in [-0.2, 0) is 0 Å². The summed E-state index contributed by atoms with van der Waals surface area (Å²) in [7, 11) is -9.26. The second kappa shape index (κ2) is 4.61. The van der Waals surface area contributed by atoms with E-state index in [1.165, 1.54) is 0 Å². The summed E-state index contributed by atoms with van der Waals surface area (Å²) in [5.74, 6) is -7.18. The van der Waals surface area contributed by atoms with Crippen molar-refractivity contribution in [1.29, 1.82) is 0 Å². The van der Waals surface area contributed by atoms with Gasteiger partial charge < -0.3 is 0 Å². The fourth-order valence-electron chi connectivity index (χ4n) is 1.26. The molecule has 0 aromatic heterocycles. The summed E-state index contributed by atoms with van der Waals surface area (Å²) in [6.45, 7) is -0.848. The van der Waals surface area contributed by atoms with Gasteiger partial charge in [0.15, 0.2) is 0 Å². The Morgan fingerprint density at radius 1 is 0.789 bits per heavy atom. The van der Waals surface area contributed by atoms with Crippen LogP contribution in [0.1, 0.15) is 13.8 Å². The van der Waals surface area contributed by atoms with E-state index < -0.39 is 43.2 Å². The summed E-state index contributed by atoms with van der Waals surface area (Å²) in [4.78, 5) is 0. The fourth-order valence-corrected chi connectivity index (χ4v) is 3.11. The van der Waals surface area contributed by atoms with Gasteiger partial charge in [-0.3, -0.25) is 0 Å². The van der Waals surface area contributed by atoms with E-state index in [1.54, 1.807) is 0 Å². The van der Waals surface area contributed by atoms with Gasteiger partial charge in [0.2, 0.25) is 0 Å². The van der Waals surface area contributed by atoms with Crippen LogP contribution in [0, 0.1) is 0 Å². The maximum atomic E-state index is 13.2. The molecule has 0 saturated heterocycles. The molecule has 0 spiro atoms. The van der Waals surface area contributed by atoms with Crippen LogP contribution < -0.4 is 0 Å². The summed E-state index contributed by atoms with van der Waals surface area (Å²) in [5.41, 5.74) is -7.16. The van der Waals surface area contributed by atoms with Gasteiger partial charge in [0, 0.05) is 0 Å². The molecule has 19 heavy (non-hydrogen) atoms. The Hall–Kier alpha value is -0.310. The van der Waals surface area contributed by atoms with E-state index in [4.69, 9.17) is 0 Å². The zero-order valence-corrected chi connectivity index (χ0v) is 10.5. The first kappa shape index (κ1) is 18.7. The average Bonchev–Trinajstić information content (AvgIpc) is 2.15. The summed E-state index contributed by atoms with van der Waals surface area (Å²) in [6.07, 6.45) is -7.00. The molecule has 0 aliphatic heterocycles. The normalized spacial score (nSPS) is 17.4. The molecule has 0 heterocycles. The van der Waals surface area contributed by atoms with Crippen LogP contribution >= 0.6 is 7.69 Å². The van der Waals surface area contributed by atoms with Gasteiger partial charge in [-0.15, -0.1) is 0 Å². The Labute approximate surface area is 101 Å². The van der Waals surface area contributed by atoms with E-state index in [9.17, 15) is 43.3 Å². The molecule has 0 aliphatic carbocycles. The minimum absolute atomic E-state index is 0.728. The van der Waals surface area contributed by atoms with Gasteiger partial charge in [-0.2, -0.15) is 0 Å². The zero-order chi connectivity index (χ0) is 15.9. The number of alkyl halides is 7. The standard InChI is InChI=1S/C7H10F10NP/c1-3-18(4-2)19(15,16,17)7(13,14)5(8,9)6(10,11)12/h3-4H2,1-2H3. The van der Waals surface area contributed by atoms with Gasteiger partial charge in [0.05, 0.1) is 0 Å². The van der Waals surface area contributed by atoms with E-state index in [0.717, 1.165) is 13.8 Å². The summed E-state index contributed by atoms with van der Waals surface area (Å²) in [5, 5.41) is 0. The molecule has 0 aliphatic rings. The van der Waals surface area contributed by atoms with E-state index in [-0.39, 0.29) is 0 Å². The quantitative estimate of drug-likeness (QED) is 0.492. The average molecular weight is 329 g/mol. The van der Waals surface area contributed by atoms with Crippen molar-refractivity contribution < 1.29 is 43.3 Å². The Morgan fingerprint density at radius 2 is 1.11 bits per heavy atom. The molecule has 0 amide bonds. The molecule has 0 saturated carbocycles. The van der Waals surface area contributed by atoms with Gasteiger partial charge in [0.1, 0.15) is 0 Å². The molecule has 0 aromatic rings. The minimum atomic E-state index is -9.26. The third-order valence-corrected chi connectivity index (χ3v) is 5.03. The second-order valence-electron chi connectivity index (χ2n) is 3.52. The van der Waals surface area contributed by atoms with Crippen molar-refractivity contribution in [1.82, 2.24) is 4.67 Å². The van der Waals surface area contributed by atoms with Gasteiger partial charge in [-0.25, -0.2) is 0 Å². The molecular formula is C7H10F10NP. The van der Waals surface area contributed by atoms with Crippen molar-refractivity contribution in [2.75, 3.05) is 13.1 Å².